The lowest BCUT2D eigenvalue weighted by Gasteiger charge is -2.31. The summed E-state index contributed by atoms with van der Waals surface area (Å²) in [4.78, 5) is 0. The van der Waals surface area contributed by atoms with Crippen LogP contribution in [0.3, 0.4) is 0 Å². The van der Waals surface area contributed by atoms with Gasteiger partial charge in [-0.2, -0.15) is 0 Å². The summed E-state index contributed by atoms with van der Waals surface area (Å²) in [5.74, 6) is 1.62. The van der Waals surface area contributed by atoms with Crippen molar-refractivity contribution in [2.45, 2.75) is 31.6 Å². The molecule has 6 heteroatoms. The minimum absolute atomic E-state index is 0.0363. The van der Waals surface area contributed by atoms with E-state index in [1.165, 1.54) is 0 Å². The third-order valence-corrected chi connectivity index (χ3v) is 6.48. The zero-order chi connectivity index (χ0) is 18.6. The maximum atomic E-state index is 12.6. The summed E-state index contributed by atoms with van der Waals surface area (Å²) in [5, 5.41) is 0. The molecule has 0 aliphatic carbocycles. The van der Waals surface area contributed by atoms with Crippen molar-refractivity contribution >= 4 is 10.0 Å². The van der Waals surface area contributed by atoms with E-state index in [1.54, 1.807) is 11.4 Å². The first kappa shape index (κ1) is 18.7. The Balaban J connectivity index is 1.54. The van der Waals surface area contributed by atoms with E-state index in [1.807, 2.05) is 55.5 Å². The highest BCUT2D eigenvalue weighted by molar-refractivity contribution is 7.88. The van der Waals surface area contributed by atoms with Crippen LogP contribution in [0.2, 0.25) is 0 Å². The Morgan fingerprint density at radius 2 is 1.54 bits per heavy atom. The lowest BCUT2D eigenvalue weighted by Crippen LogP contribution is -2.42. The standard InChI is InChI=1S/C20H25NO4S/c1-16-3-5-17(6-4-16)15-26(22,23)21-13-11-20(12-14-21)25-19-9-7-18(24-2)8-10-19/h3-10,20H,11-15H2,1-2H3. The summed E-state index contributed by atoms with van der Waals surface area (Å²) in [6.07, 6.45) is 1.42. The van der Waals surface area contributed by atoms with Crippen LogP contribution in [0, 0.1) is 6.92 Å². The molecule has 26 heavy (non-hydrogen) atoms. The van der Waals surface area contributed by atoms with Gasteiger partial charge in [-0.25, -0.2) is 12.7 Å². The summed E-state index contributed by atoms with van der Waals surface area (Å²) in [7, 11) is -1.67. The Kier molecular flexibility index (Phi) is 5.84. The predicted octanol–water partition coefficient (Wildman–Crippen LogP) is 3.38. The molecule has 0 N–H and O–H groups in total. The van der Waals surface area contributed by atoms with E-state index >= 15 is 0 Å². The van der Waals surface area contributed by atoms with Gasteiger partial charge in [0.2, 0.25) is 10.0 Å². The van der Waals surface area contributed by atoms with Crippen LogP contribution in [0.5, 0.6) is 11.5 Å². The molecule has 1 saturated heterocycles. The van der Waals surface area contributed by atoms with Crippen LogP contribution in [-0.4, -0.2) is 39.0 Å². The topological polar surface area (TPSA) is 55.8 Å². The number of ether oxygens (including phenoxy) is 2. The average molecular weight is 375 g/mol. The number of sulfonamides is 1. The van der Waals surface area contributed by atoms with Crippen molar-refractivity contribution in [1.29, 1.82) is 0 Å². The minimum Gasteiger partial charge on any atom is -0.497 e. The van der Waals surface area contributed by atoms with Crippen molar-refractivity contribution in [2.24, 2.45) is 0 Å². The molecule has 1 fully saturated rings. The number of hydrogen-bond donors (Lipinski definition) is 0. The molecule has 0 aromatic heterocycles. The number of benzene rings is 2. The molecule has 1 aliphatic heterocycles. The highest BCUT2D eigenvalue weighted by Gasteiger charge is 2.29. The number of aryl methyl sites for hydroxylation is 1. The van der Waals surface area contributed by atoms with Crippen LogP contribution < -0.4 is 9.47 Å². The quantitative estimate of drug-likeness (QED) is 0.777. The first-order valence-electron chi connectivity index (χ1n) is 8.80. The number of piperidine rings is 1. The predicted molar refractivity (Wildman–Crippen MR) is 102 cm³/mol. The fourth-order valence-corrected chi connectivity index (χ4v) is 4.62. The normalized spacial score (nSPS) is 16.4. The maximum Gasteiger partial charge on any atom is 0.218 e. The third kappa shape index (κ3) is 4.77. The van der Waals surface area contributed by atoms with Gasteiger partial charge in [-0.1, -0.05) is 29.8 Å². The Bertz CT molecular complexity index is 808. The Morgan fingerprint density at radius 3 is 2.12 bits per heavy atom. The lowest BCUT2D eigenvalue weighted by molar-refractivity contribution is 0.135. The van der Waals surface area contributed by atoms with Crippen LogP contribution in [-0.2, 0) is 15.8 Å². The molecule has 0 unspecified atom stereocenters. The van der Waals surface area contributed by atoms with Gasteiger partial charge in [-0.3, -0.25) is 0 Å². The van der Waals surface area contributed by atoms with Crippen LogP contribution in [0.4, 0.5) is 0 Å². The molecule has 1 aliphatic rings. The Hall–Kier alpha value is -2.05. The average Bonchev–Trinajstić information content (AvgIpc) is 2.64. The van der Waals surface area contributed by atoms with Gasteiger partial charge in [-0.15, -0.1) is 0 Å². The summed E-state index contributed by atoms with van der Waals surface area (Å²) in [6.45, 7) is 2.98. The Labute approximate surface area is 155 Å². The molecule has 2 aromatic rings. The molecule has 0 atom stereocenters. The minimum atomic E-state index is -3.29. The fourth-order valence-electron chi connectivity index (χ4n) is 3.06. The van der Waals surface area contributed by atoms with Gasteiger partial charge in [-0.05, 0) is 49.6 Å². The van der Waals surface area contributed by atoms with Gasteiger partial charge in [0.15, 0.2) is 0 Å². The molecule has 0 spiro atoms. The largest absolute Gasteiger partial charge is 0.497 e. The van der Waals surface area contributed by atoms with E-state index in [9.17, 15) is 8.42 Å². The van der Waals surface area contributed by atoms with Gasteiger partial charge < -0.3 is 9.47 Å². The second kappa shape index (κ2) is 8.10. The molecule has 0 saturated carbocycles. The molecule has 0 bridgehead atoms. The van der Waals surface area contributed by atoms with E-state index in [4.69, 9.17) is 9.47 Å². The molecular formula is C20H25NO4S. The molecule has 0 amide bonds. The van der Waals surface area contributed by atoms with Crippen molar-refractivity contribution in [3.8, 4) is 11.5 Å². The summed E-state index contributed by atoms with van der Waals surface area (Å²) in [6, 6.07) is 15.1. The van der Waals surface area contributed by atoms with E-state index in [0.717, 1.165) is 22.6 Å². The summed E-state index contributed by atoms with van der Waals surface area (Å²) >= 11 is 0. The first-order valence-corrected chi connectivity index (χ1v) is 10.4. The van der Waals surface area contributed by atoms with E-state index in [0.29, 0.717) is 25.9 Å². The molecular weight excluding hydrogens is 350 g/mol. The van der Waals surface area contributed by atoms with E-state index in [2.05, 4.69) is 0 Å². The zero-order valence-electron chi connectivity index (χ0n) is 15.2. The van der Waals surface area contributed by atoms with Crippen molar-refractivity contribution in [1.82, 2.24) is 4.31 Å². The van der Waals surface area contributed by atoms with Crippen molar-refractivity contribution in [3.63, 3.8) is 0 Å². The molecule has 5 nitrogen and oxygen atoms in total. The summed E-state index contributed by atoms with van der Waals surface area (Å²) < 4.78 is 38.0. The zero-order valence-corrected chi connectivity index (χ0v) is 16.0. The van der Waals surface area contributed by atoms with Gasteiger partial charge in [0.25, 0.3) is 0 Å². The Morgan fingerprint density at radius 1 is 0.962 bits per heavy atom. The SMILES string of the molecule is COc1ccc(OC2CCN(S(=O)(=O)Cc3ccc(C)cc3)CC2)cc1. The second-order valence-electron chi connectivity index (χ2n) is 6.63. The maximum absolute atomic E-state index is 12.6. The number of rotatable bonds is 6. The molecule has 2 aromatic carbocycles. The number of methoxy groups -OCH3 is 1. The highest BCUT2D eigenvalue weighted by atomic mass is 32.2. The molecule has 0 radical (unpaired) electrons. The van der Waals surface area contributed by atoms with Gasteiger partial charge >= 0.3 is 0 Å². The van der Waals surface area contributed by atoms with Gasteiger partial charge in [0.1, 0.15) is 17.6 Å². The van der Waals surface area contributed by atoms with Crippen LogP contribution >= 0.6 is 0 Å². The fraction of sp³-hybridized carbons (Fsp3) is 0.400. The highest BCUT2D eigenvalue weighted by Crippen LogP contribution is 2.23. The van der Waals surface area contributed by atoms with Crippen LogP contribution in [0.25, 0.3) is 0 Å². The monoisotopic (exact) mass is 375 g/mol. The number of hydrogen-bond acceptors (Lipinski definition) is 4. The van der Waals surface area contributed by atoms with Gasteiger partial charge in [0, 0.05) is 13.1 Å². The van der Waals surface area contributed by atoms with Crippen molar-refractivity contribution in [3.05, 3.63) is 59.7 Å². The lowest BCUT2D eigenvalue weighted by atomic mass is 10.1. The second-order valence-corrected chi connectivity index (χ2v) is 8.60. The smallest absolute Gasteiger partial charge is 0.218 e. The van der Waals surface area contributed by atoms with Crippen molar-refractivity contribution in [2.75, 3.05) is 20.2 Å². The number of nitrogens with zero attached hydrogens (tertiary/aromatic N) is 1. The van der Waals surface area contributed by atoms with Crippen LogP contribution in [0.1, 0.15) is 24.0 Å². The van der Waals surface area contributed by atoms with E-state index < -0.39 is 10.0 Å². The molecule has 1 heterocycles. The summed E-state index contributed by atoms with van der Waals surface area (Å²) in [5.41, 5.74) is 1.95. The van der Waals surface area contributed by atoms with Crippen molar-refractivity contribution < 1.29 is 17.9 Å². The third-order valence-electron chi connectivity index (χ3n) is 4.63. The molecule has 140 valence electrons. The van der Waals surface area contributed by atoms with Crippen LogP contribution in [0.15, 0.2) is 48.5 Å². The van der Waals surface area contributed by atoms with Gasteiger partial charge in [0.05, 0.1) is 12.9 Å². The molecule has 3 rings (SSSR count). The first-order chi connectivity index (χ1) is 12.5. The van der Waals surface area contributed by atoms with E-state index in [-0.39, 0.29) is 11.9 Å².